The molecule has 0 saturated carbocycles. The quantitative estimate of drug-likeness (QED) is 0.892. The molecule has 1 aromatic carbocycles. The molecule has 2 amide bonds. The summed E-state index contributed by atoms with van der Waals surface area (Å²) in [6.45, 7) is 2.94. The van der Waals surface area contributed by atoms with E-state index in [1.165, 1.54) is 12.1 Å². The maximum absolute atomic E-state index is 13.3. The SMILES string of the molecule is C[C@@H](O)CNC(=O)N1CC(c2ccc(Cl)c(F)c2)C1. The number of aliphatic hydroxyl groups excluding tert-OH is 1. The van der Waals surface area contributed by atoms with Crippen molar-refractivity contribution in [3.63, 3.8) is 0 Å². The summed E-state index contributed by atoms with van der Waals surface area (Å²) in [5.41, 5.74) is 0.849. The summed E-state index contributed by atoms with van der Waals surface area (Å²) in [4.78, 5) is 13.3. The van der Waals surface area contributed by atoms with E-state index >= 15 is 0 Å². The number of halogens is 2. The van der Waals surface area contributed by atoms with Crippen molar-refractivity contribution in [1.82, 2.24) is 10.2 Å². The van der Waals surface area contributed by atoms with Crippen LogP contribution in [0.4, 0.5) is 9.18 Å². The zero-order chi connectivity index (χ0) is 14.0. The fourth-order valence-corrected chi connectivity index (χ4v) is 2.09. The Morgan fingerprint density at radius 1 is 1.63 bits per heavy atom. The number of aliphatic hydroxyl groups is 1. The third-order valence-electron chi connectivity index (χ3n) is 3.13. The van der Waals surface area contributed by atoms with Crippen molar-refractivity contribution in [1.29, 1.82) is 0 Å². The lowest BCUT2D eigenvalue weighted by Crippen LogP contribution is -2.53. The molecule has 0 spiro atoms. The Morgan fingerprint density at radius 3 is 2.89 bits per heavy atom. The predicted octanol–water partition coefficient (Wildman–Crippen LogP) is 1.97. The first-order chi connectivity index (χ1) is 8.97. The number of benzene rings is 1. The molecule has 0 aromatic heterocycles. The van der Waals surface area contributed by atoms with Gasteiger partial charge in [-0.1, -0.05) is 17.7 Å². The van der Waals surface area contributed by atoms with Crippen LogP contribution in [0.5, 0.6) is 0 Å². The summed E-state index contributed by atoms with van der Waals surface area (Å²) in [5, 5.41) is 11.8. The van der Waals surface area contributed by atoms with E-state index in [0.29, 0.717) is 13.1 Å². The highest BCUT2D eigenvalue weighted by atomic mass is 35.5. The van der Waals surface area contributed by atoms with Gasteiger partial charge in [0.15, 0.2) is 0 Å². The Bertz CT molecular complexity index is 476. The van der Waals surface area contributed by atoms with E-state index in [2.05, 4.69) is 5.32 Å². The molecule has 4 nitrogen and oxygen atoms in total. The molecule has 1 aromatic rings. The zero-order valence-electron chi connectivity index (χ0n) is 10.6. The average Bonchev–Trinajstić information content (AvgIpc) is 2.29. The fraction of sp³-hybridized carbons (Fsp3) is 0.462. The number of rotatable bonds is 3. The van der Waals surface area contributed by atoms with Crippen molar-refractivity contribution >= 4 is 17.6 Å². The van der Waals surface area contributed by atoms with Gasteiger partial charge in [0.05, 0.1) is 11.1 Å². The van der Waals surface area contributed by atoms with Gasteiger partial charge in [-0.2, -0.15) is 0 Å². The highest BCUT2D eigenvalue weighted by Crippen LogP contribution is 2.29. The number of hydrogen-bond donors (Lipinski definition) is 2. The monoisotopic (exact) mass is 286 g/mol. The Morgan fingerprint density at radius 2 is 2.32 bits per heavy atom. The second kappa shape index (κ2) is 5.75. The summed E-state index contributed by atoms with van der Waals surface area (Å²) in [6.07, 6.45) is -0.564. The van der Waals surface area contributed by atoms with Gasteiger partial charge in [-0.05, 0) is 24.6 Å². The summed E-state index contributed by atoms with van der Waals surface area (Å²) >= 11 is 5.62. The molecule has 1 heterocycles. The van der Waals surface area contributed by atoms with Crippen LogP contribution in [0.3, 0.4) is 0 Å². The minimum absolute atomic E-state index is 0.106. The topological polar surface area (TPSA) is 52.6 Å². The Balaban J connectivity index is 1.85. The average molecular weight is 287 g/mol. The van der Waals surface area contributed by atoms with Crippen LogP contribution in [-0.4, -0.2) is 41.8 Å². The number of hydrogen-bond acceptors (Lipinski definition) is 2. The molecule has 0 unspecified atom stereocenters. The van der Waals surface area contributed by atoms with Crippen LogP contribution in [0.1, 0.15) is 18.4 Å². The largest absolute Gasteiger partial charge is 0.392 e. The van der Waals surface area contributed by atoms with E-state index in [9.17, 15) is 9.18 Å². The smallest absolute Gasteiger partial charge is 0.317 e. The molecule has 2 rings (SSSR count). The second-order valence-corrected chi connectivity index (χ2v) is 5.22. The number of carbonyl (C=O) groups excluding carboxylic acids is 1. The molecule has 19 heavy (non-hydrogen) atoms. The number of nitrogens with zero attached hydrogens (tertiary/aromatic N) is 1. The van der Waals surface area contributed by atoms with Crippen molar-refractivity contribution < 1.29 is 14.3 Å². The van der Waals surface area contributed by atoms with E-state index in [-0.39, 0.29) is 23.5 Å². The minimum Gasteiger partial charge on any atom is -0.392 e. The van der Waals surface area contributed by atoms with Crippen molar-refractivity contribution in [2.45, 2.75) is 18.9 Å². The van der Waals surface area contributed by atoms with E-state index in [4.69, 9.17) is 16.7 Å². The molecule has 1 saturated heterocycles. The van der Waals surface area contributed by atoms with Crippen LogP contribution in [0.25, 0.3) is 0 Å². The molecule has 0 radical (unpaired) electrons. The van der Waals surface area contributed by atoms with Crippen LogP contribution in [-0.2, 0) is 0 Å². The molecule has 1 aliphatic rings. The predicted molar refractivity (Wildman–Crippen MR) is 70.8 cm³/mol. The normalized spacial score (nSPS) is 16.9. The standard InChI is InChI=1S/C13H16ClFN2O2/c1-8(18)5-16-13(19)17-6-10(7-17)9-2-3-11(14)12(15)4-9/h2-4,8,10,18H,5-7H2,1H3,(H,16,19)/t8-/m1/s1. The molecular weight excluding hydrogens is 271 g/mol. The van der Waals surface area contributed by atoms with Gasteiger partial charge in [0.25, 0.3) is 0 Å². The number of likely N-dealkylation sites (tertiary alicyclic amines) is 1. The molecule has 6 heteroatoms. The van der Waals surface area contributed by atoms with Crippen LogP contribution in [0.15, 0.2) is 18.2 Å². The first kappa shape index (κ1) is 14.1. The Hall–Kier alpha value is -1.33. The van der Waals surface area contributed by atoms with Gasteiger partial charge >= 0.3 is 6.03 Å². The molecule has 1 atom stereocenters. The van der Waals surface area contributed by atoms with E-state index in [0.717, 1.165) is 5.56 Å². The van der Waals surface area contributed by atoms with Crippen LogP contribution in [0.2, 0.25) is 5.02 Å². The maximum atomic E-state index is 13.3. The van der Waals surface area contributed by atoms with Crippen molar-refractivity contribution in [3.8, 4) is 0 Å². The second-order valence-electron chi connectivity index (χ2n) is 4.81. The lowest BCUT2D eigenvalue weighted by atomic mass is 9.92. The van der Waals surface area contributed by atoms with Gasteiger partial charge in [-0.25, -0.2) is 9.18 Å². The molecule has 104 valence electrons. The van der Waals surface area contributed by atoms with E-state index < -0.39 is 11.9 Å². The maximum Gasteiger partial charge on any atom is 0.317 e. The summed E-state index contributed by atoms with van der Waals surface area (Å²) in [7, 11) is 0. The van der Waals surface area contributed by atoms with Gasteiger partial charge in [0.1, 0.15) is 5.82 Å². The number of urea groups is 1. The molecular formula is C13H16ClFN2O2. The van der Waals surface area contributed by atoms with Crippen molar-refractivity contribution in [2.75, 3.05) is 19.6 Å². The van der Waals surface area contributed by atoms with E-state index in [1.54, 1.807) is 17.9 Å². The first-order valence-electron chi connectivity index (χ1n) is 6.13. The van der Waals surface area contributed by atoms with Gasteiger partial charge in [0.2, 0.25) is 0 Å². The Kier molecular flexibility index (Phi) is 4.27. The zero-order valence-corrected chi connectivity index (χ0v) is 11.3. The van der Waals surface area contributed by atoms with E-state index in [1.807, 2.05) is 0 Å². The van der Waals surface area contributed by atoms with Gasteiger partial charge in [-0.15, -0.1) is 0 Å². The van der Waals surface area contributed by atoms with Gasteiger partial charge in [-0.3, -0.25) is 0 Å². The van der Waals surface area contributed by atoms with Gasteiger partial charge in [0, 0.05) is 25.6 Å². The van der Waals surface area contributed by atoms with Gasteiger partial charge < -0.3 is 15.3 Å². The van der Waals surface area contributed by atoms with Crippen LogP contribution in [0, 0.1) is 5.82 Å². The molecule has 2 N–H and O–H groups in total. The third-order valence-corrected chi connectivity index (χ3v) is 3.44. The fourth-order valence-electron chi connectivity index (χ4n) is 1.97. The summed E-state index contributed by atoms with van der Waals surface area (Å²) < 4.78 is 13.3. The molecule has 1 aliphatic heterocycles. The summed E-state index contributed by atoms with van der Waals surface area (Å²) in [5.74, 6) is -0.291. The number of amides is 2. The minimum atomic E-state index is -0.564. The lowest BCUT2D eigenvalue weighted by molar-refractivity contribution is 0.141. The highest BCUT2D eigenvalue weighted by Gasteiger charge is 2.31. The number of nitrogens with one attached hydrogen (secondary N) is 1. The third kappa shape index (κ3) is 3.36. The molecule has 1 fully saturated rings. The van der Waals surface area contributed by atoms with Crippen LogP contribution < -0.4 is 5.32 Å². The summed E-state index contributed by atoms with van der Waals surface area (Å²) in [6, 6.07) is 4.52. The molecule has 0 bridgehead atoms. The first-order valence-corrected chi connectivity index (χ1v) is 6.51. The Labute approximate surface area is 116 Å². The van der Waals surface area contributed by atoms with Crippen molar-refractivity contribution in [3.05, 3.63) is 34.6 Å². The number of carbonyl (C=O) groups is 1. The molecule has 0 aliphatic carbocycles. The highest BCUT2D eigenvalue weighted by molar-refractivity contribution is 6.30. The van der Waals surface area contributed by atoms with Crippen molar-refractivity contribution in [2.24, 2.45) is 0 Å². The lowest BCUT2D eigenvalue weighted by Gasteiger charge is -2.39. The van der Waals surface area contributed by atoms with Crippen LogP contribution >= 0.6 is 11.6 Å².